The fourth-order valence-electron chi connectivity index (χ4n) is 2.46. The van der Waals surface area contributed by atoms with E-state index in [1.54, 1.807) is 24.3 Å². The maximum Gasteiger partial charge on any atom is 0.305 e. The number of hydrazine groups is 1. The number of hydrogen-bond donors (Lipinski definition) is 2. The number of hydrogen-bond acceptors (Lipinski definition) is 6. The number of carbonyl (C=O) groups is 2. The maximum atomic E-state index is 12.5. The van der Waals surface area contributed by atoms with Gasteiger partial charge < -0.3 is 18.6 Å². The Morgan fingerprint density at radius 1 is 0.857 bits per heavy atom. The highest BCUT2D eigenvalue weighted by atomic mass is 16.5. The van der Waals surface area contributed by atoms with Crippen LogP contribution in [0.1, 0.15) is 54.4 Å². The van der Waals surface area contributed by atoms with Crippen molar-refractivity contribution >= 4 is 11.8 Å². The second-order valence-electron chi connectivity index (χ2n) is 5.63. The number of aryl methyl sites for hydroxylation is 1. The highest BCUT2D eigenvalue weighted by molar-refractivity contribution is 5.98. The first-order chi connectivity index (χ1) is 13.5. The lowest BCUT2D eigenvalue weighted by molar-refractivity contribution is 0.0829. The number of carbonyl (C=O) groups excluding carboxylic acids is 2. The van der Waals surface area contributed by atoms with Crippen LogP contribution in [0.15, 0.2) is 28.7 Å². The van der Waals surface area contributed by atoms with Gasteiger partial charge in [0.2, 0.25) is 5.75 Å². The molecule has 1 heterocycles. The summed E-state index contributed by atoms with van der Waals surface area (Å²) >= 11 is 0. The molecule has 0 spiro atoms. The van der Waals surface area contributed by atoms with Gasteiger partial charge in [-0.25, -0.2) is 0 Å². The molecule has 28 heavy (non-hydrogen) atoms. The minimum atomic E-state index is -0.547. The van der Waals surface area contributed by atoms with Gasteiger partial charge in [-0.3, -0.25) is 20.4 Å². The molecule has 152 valence electrons. The van der Waals surface area contributed by atoms with Gasteiger partial charge in [0.15, 0.2) is 17.3 Å². The predicted octanol–water partition coefficient (Wildman–Crippen LogP) is 3.11. The van der Waals surface area contributed by atoms with Crippen molar-refractivity contribution in [1.82, 2.24) is 10.9 Å². The third-order valence-electron chi connectivity index (χ3n) is 3.69. The molecule has 2 rings (SSSR count). The van der Waals surface area contributed by atoms with Crippen LogP contribution in [0.2, 0.25) is 0 Å². The number of furan rings is 1. The van der Waals surface area contributed by atoms with Gasteiger partial charge in [-0.1, -0.05) is 6.92 Å². The van der Waals surface area contributed by atoms with E-state index in [2.05, 4.69) is 10.9 Å². The summed E-state index contributed by atoms with van der Waals surface area (Å²) < 4.78 is 22.2. The molecule has 0 bridgehead atoms. The SMILES string of the molecule is CCOc1cc(C(=O)NNC(=O)c2ccc(CC)o2)cc(OCC)c1OCC. The van der Waals surface area contributed by atoms with Crippen molar-refractivity contribution in [3.8, 4) is 17.2 Å². The lowest BCUT2D eigenvalue weighted by Gasteiger charge is -2.17. The summed E-state index contributed by atoms with van der Waals surface area (Å²) in [4.78, 5) is 24.6. The van der Waals surface area contributed by atoms with Crippen LogP contribution >= 0.6 is 0 Å². The summed E-state index contributed by atoms with van der Waals surface area (Å²) in [6.45, 7) is 8.64. The van der Waals surface area contributed by atoms with Crippen molar-refractivity contribution in [2.45, 2.75) is 34.1 Å². The van der Waals surface area contributed by atoms with Crippen molar-refractivity contribution in [3.05, 3.63) is 41.3 Å². The number of ether oxygens (including phenoxy) is 3. The van der Waals surface area contributed by atoms with Crippen molar-refractivity contribution in [3.63, 3.8) is 0 Å². The van der Waals surface area contributed by atoms with Crippen LogP contribution < -0.4 is 25.1 Å². The van der Waals surface area contributed by atoms with Gasteiger partial charge in [0.25, 0.3) is 5.91 Å². The van der Waals surface area contributed by atoms with Crippen molar-refractivity contribution in [2.24, 2.45) is 0 Å². The highest BCUT2D eigenvalue weighted by Crippen LogP contribution is 2.39. The zero-order chi connectivity index (χ0) is 20.5. The minimum Gasteiger partial charge on any atom is -0.490 e. The van der Waals surface area contributed by atoms with Crippen LogP contribution in [-0.2, 0) is 6.42 Å². The average molecular weight is 390 g/mol. The van der Waals surface area contributed by atoms with E-state index in [-0.39, 0.29) is 11.3 Å². The van der Waals surface area contributed by atoms with E-state index in [4.69, 9.17) is 18.6 Å². The summed E-state index contributed by atoms with van der Waals surface area (Å²) in [5.41, 5.74) is 4.95. The van der Waals surface area contributed by atoms with Crippen LogP contribution in [0, 0.1) is 0 Å². The molecule has 8 heteroatoms. The molecular weight excluding hydrogens is 364 g/mol. The summed E-state index contributed by atoms with van der Waals surface area (Å²) in [6, 6.07) is 6.35. The number of rotatable bonds is 9. The molecule has 1 aromatic heterocycles. The monoisotopic (exact) mass is 390 g/mol. The second kappa shape index (κ2) is 10.2. The third-order valence-corrected chi connectivity index (χ3v) is 3.69. The molecule has 0 fully saturated rings. The fourth-order valence-corrected chi connectivity index (χ4v) is 2.46. The quantitative estimate of drug-likeness (QED) is 0.639. The van der Waals surface area contributed by atoms with Gasteiger partial charge in [-0.15, -0.1) is 0 Å². The van der Waals surface area contributed by atoms with Crippen LogP contribution in [0.5, 0.6) is 17.2 Å². The Labute approximate surface area is 164 Å². The molecule has 2 amide bonds. The molecule has 0 saturated heterocycles. The Morgan fingerprint density at radius 3 is 1.93 bits per heavy atom. The Bertz CT molecular complexity index is 788. The molecule has 0 aliphatic carbocycles. The Balaban J connectivity index is 2.17. The van der Waals surface area contributed by atoms with Crippen LogP contribution in [0.4, 0.5) is 0 Å². The minimum absolute atomic E-state index is 0.119. The first-order valence-electron chi connectivity index (χ1n) is 9.29. The molecule has 0 saturated carbocycles. The summed E-state index contributed by atoms with van der Waals surface area (Å²) in [6.07, 6.45) is 0.673. The summed E-state index contributed by atoms with van der Waals surface area (Å²) in [5.74, 6) is 0.958. The van der Waals surface area contributed by atoms with E-state index >= 15 is 0 Å². The number of nitrogens with one attached hydrogen (secondary N) is 2. The predicted molar refractivity (Wildman–Crippen MR) is 103 cm³/mol. The van der Waals surface area contributed by atoms with E-state index in [1.165, 1.54) is 0 Å². The molecule has 0 atom stereocenters. The molecule has 0 aliphatic rings. The fraction of sp³-hybridized carbons (Fsp3) is 0.400. The third kappa shape index (κ3) is 5.18. The van der Waals surface area contributed by atoms with E-state index in [1.807, 2.05) is 27.7 Å². The smallest absolute Gasteiger partial charge is 0.305 e. The Kier molecular flexibility index (Phi) is 7.74. The summed E-state index contributed by atoms with van der Waals surface area (Å²) in [5, 5.41) is 0. The van der Waals surface area contributed by atoms with Crippen molar-refractivity contribution < 1.29 is 28.2 Å². The van der Waals surface area contributed by atoms with Crippen molar-refractivity contribution in [2.75, 3.05) is 19.8 Å². The van der Waals surface area contributed by atoms with E-state index in [0.29, 0.717) is 49.3 Å². The van der Waals surface area contributed by atoms with E-state index < -0.39 is 11.8 Å². The molecule has 8 nitrogen and oxygen atoms in total. The molecule has 1 aromatic carbocycles. The first kappa shape index (κ1) is 21.1. The number of amides is 2. The van der Waals surface area contributed by atoms with Gasteiger partial charge in [0.1, 0.15) is 5.76 Å². The lowest BCUT2D eigenvalue weighted by Crippen LogP contribution is -2.41. The second-order valence-corrected chi connectivity index (χ2v) is 5.63. The van der Waals surface area contributed by atoms with Gasteiger partial charge >= 0.3 is 5.91 Å². The molecular formula is C20H26N2O6. The number of benzene rings is 1. The zero-order valence-corrected chi connectivity index (χ0v) is 16.6. The standard InChI is InChI=1S/C20H26N2O6/c1-5-14-9-10-15(28-14)20(24)22-21-19(23)13-11-16(25-6-2)18(27-8-4)17(12-13)26-7-3/h9-12H,5-8H2,1-4H3,(H,21,23)(H,22,24). The van der Waals surface area contributed by atoms with Gasteiger partial charge in [0.05, 0.1) is 19.8 Å². The molecule has 2 N–H and O–H groups in total. The normalized spacial score (nSPS) is 10.3. The van der Waals surface area contributed by atoms with Crippen LogP contribution in [0.3, 0.4) is 0 Å². The van der Waals surface area contributed by atoms with Crippen LogP contribution in [-0.4, -0.2) is 31.6 Å². The zero-order valence-electron chi connectivity index (χ0n) is 16.6. The van der Waals surface area contributed by atoms with Gasteiger partial charge in [-0.2, -0.15) is 0 Å². The molecule has 0 unspecified atom stereocenters. The Morgan fingerprint density at radius 2 is 1.43 bits per heavy atom. The van der Waals surface area contributed by atoms with Crippen LogP contribution in [0.25, 0.3) is 0 Å². The Hall–Kier alpha value is -3.16. The molecule has 0 aliphatic heterocycles. The molecule has 0 radical (unpaired) electrons. The van der Waals surface area contributed by atoms with Gasteiger partial charge in [0, 0.05) is 12.0 Å². The first-order valence-corrected chi connectivity index (χ1v) is 9.29. The summed E-state index contributed by atoms with van der Waals surface area (Å²) in [7, 11) is 0. The van der Waals surface area contributed by atoms with Crippen molar-refractivity contribution in [1.29, 1.82) is 0 Å². The molecule has 2 aromatic rings. The van der Waals surface area contributed by atoms with E-state index in [9.17, 15) is 9.59 Å². The van der Waals surface area contributed by atoms with Gasteiger partial charge in [-0.05, 0) is 45.0 Å². The topological polar surface area (TPSA) is 99.0 Å². The lowest BCUT2D eigenvalue weighted by atomic mass is 10.1. The maximum absolute atomic E-state index is 12.5. The average Bonchev–Trinajstić information content (AvgIpc) is 3.18. The van der Waals surface area contributed by atoms with E-state index in [0.717, 1.165) is 0 Å². The highest BCUT2D eigenvalue weighted by Gasteiger charge is 2.19. The largest absolute Gasteiger partial charge is 0.490 e.